The zero-order valence-electron chi connectivity index (χ0n) is 24.8. The molecule has 14 heteroatoms. The van der Waals surface area contributed by atoms with Crippen molar-refractivity contribution >= 4 is 35.1 Å². The van der Waals surface area contributed by atoms with Crippen molar-refractivity contribution in [3.05, 3.63) is 75.4 Å². The molecule has 46 heavy (non-hydrogen) atoms. The second kappa shape index (κ2) is 11.9. The molecule has 0 saturated carbocycles. The van der Waals surface area contributed by atoms with E-state index in [0.717, 1.165) is 11.1 Å². The third-order valence-electron chi connectivity index (χ3n) is 8.41. The molecule has 4 aromatic rings. The van der Waals surface area contributed by atoms with Crippen LogP contribution in [0.25, 0.3) is 11.3 Å². The molecule has 7 rings (SSSR count). The fourth-order valence-corrected chi connectivity index (χ4v) is 6.99. The van der Waals surface area contributed by atoms with Gasteiger partial charge in [0.1, 0.15) is 18.3 Å². The first-order valence-electron chi connectivity index (χ1n) is 14.2. The Morgan fingerprint density at radius 2 is 1.59 bits per heavy atom. The summed E-state index contributed by atoms with van der Waals surface area (Å²) in [6.07, 6.45) is 0.767. The summed E-state index contributed by atoms with van der Waals surface area (Å²) >= 11 is 12.3. The van der Waals surface area contributed by atoms with Gasteiger partial charge < -0.3 is 33.2 Å². The van der Waals surface area contributed by atoms with Crippen LogP contribution in [-0.4, -0.2) is 61.7 Å². The number of halogens is 2. The van der Waals surface area contributed by atoms with E-state index in [1.54, 1.807) is 30.5 Å². The second-order valence-corrected chi connectivity index (χ2v) is 11.8. The Morgan fingerprint density at radius 1 is 0.913 bits per heavy atom. The Labute approximate surface area is 272 Å². The maximum absolute atomic E-state index is 13.5. The average molecular weight is 668 g/mol. The van der Waals surface area contributed by atoms with E-state index in [-0.39, 0.29) is 19.9 Å². The molecule has 3 aromatic carbocycles. The van der Waals surface area contributed by atoms with Crippen LogP contribution < -0.4 is 23.7 Å². The molecule has 0 N–H and O–H groups in total. The van der Waals surface area contributed by atoms with Gasteiger partial charge in [-0.2, -0.15) is 0 Å². The molecule has 1 fully saturated rings. The Hall–Kier alpha value is -4.68. The lowest BCUT2D eigenvalue weighted by atomic mass is 9.66. The van der Waals surface area contributed by atoms with E-state index in [9.17, 15) is 9.59 Å². The number of carbonyl (C=O) groups excluding carboxylic acids is 2. The molecule has 3 aliphatic rings. The first-order chi connectivity index (χ1) is 22.3. The maximum Gasteiger partial charge on any atom is 0.328 e. The molecule has 0 amide bonds. The number of methoxy groups -OCH3 is 3. The number of hydrogen-bond donors (Lipinski definition) is 0. The lowest BCUT2D eigenvalue weighted by molar-refractivity contribution is -0.155. The molecule has 3 heterocycles. The van der Waals surface area contributed by atoms with Crippen LogP contribution in [0.2, 0.25) is 10.0 Å². The van der Waals surface area contributed by atoms with Crippen molar-refractivity contribution in [3.8, 4) is 40.0 Å². The number of rotatable bonds is 8. The first-order valence-corrected chi connectivity index (χ1v) is 15.0. The predicted molar refractivity (Wildman–Crippen MR) is 163 cm³/mol. The van der Waals surface area contributed by atoms with Gasteiger partial charge in [0, 0.05) is 33.0 Å². The van der Waals surface area contributed by atoms with E-state index in [1.807, 2.05) is 18.2 Å². The summed E-state index contributed by atoms with van der Waals surface area (Å²) in [6, 6.07) is 12.3. The van der Waals surface area contributed by atoms with Crippen molar-refractivity contribution in [3.63, 3.8) is 0 Å². The molecule has 238 valence electrons. The van der Waals surface area contributed by atoms with Crippen LogP contribution in [0.5, 0.6) is 28.7 Å². The molecular weight excluding hydrogens is 641 g/mol. The number of esters is 2. The molecule has 12 nitrogen and oxygen atoms in total. The summed E-state index contributed by atoms with van der Waals surface area (Å²) in [7, 11) is 4.57. The van der Waals surface area contributed by atoms with Crippen LogP contribution in [0.3, 0.4) is 0 Å². The van der Waals surface area contributed by atoms with Crippen molar-refractivity contribution < 1.29 is 42.7 Å². The first kappa shape index (κ1) is 30.0. The van der Waals surface area contributed by atoms with Gasteiger partial charge in [-0.05, 0) is 53.6 Å². The number of hydrogen-bond acceptors (Lipinski definition) is 11. The van der Waals surface area contributed by atoms with Gasteiger partial charge >= 0.3 is 11.9 Å². The molecule has 0 unspecified atom stereocenters. The minimum atomic E-state index is -0.832. The van der Waals surface area contributed by atoms with E-state index >= 15 is 0 Å². The van der Waals surface area contributed by atoms with Gasteiger partial charge in [0.15, 0.2) is 23.0 Å². The highest BCUT2D eigenvalue weighted by Crippen LogP contribution is 2.56. The summed E-state index contributed by atoms with van der Waals surface area (Å²) in [5, 5.41) is 9.13. The Kier molecular flexibility index (Phi) is 7.77. The van der Waals surface area contributed by atoms with Gasteiger partial charge in [-0.1, -0.05) is 28.4 Å². The van der Waals surface area contributed by atoms with Crippen molar-refractivity contribution in [2.24, 2.45) is 11.8 Å². The van der Waals surface area contributed by atoms with Crippen LogP contribution in [0.15, 0.2) is 48.7 Å². The molecule has 1 aliphatic carbocycles. The number of nitrogens with zero attached hydrogens (tertiary/aromatic N) is 3. The third-order valence-corrected chi connectivity index (χ3v) is 8.85. The van der Waals surface area contributed by atoms with Gasteiger partial charge in [0.2, 0.25) is 12.5 Å². The van der Waals surface area contributed by atoms with Gasteiger partial charge in [0.25, 0.3) is 0 Å². The van der Waals surface area contributed by atoms with Crippen molar-refractivity contribution in [1.29, 1.82) is 0 Å². The van der Waals surface area contributed by atoms with Gasteiger partial charge in [0.05, 0.1) is 40.1 Å². The fourth-order valence-electron chi connectivity index (χ4n) is 6.46. The minimum Gasteiger partial charge on any atom is -0.493 e. The number of carbonyl (C=O) groups is 2. The summed E-state index contributed by atoms with van der Waals surface area (Å²) in [4.78, 5) is 26.9. The highest BCUT2D eigenvalue weighted by atomic mass is 35.5. The largest absolute Gasteiger partial charge is 0.493 e. The minimum absolute atomic E-state index is 0.0406. The van der Waals surface area contributed by atoms with Crippen LogP contribution >= 0.6 is 23.2 Å². The van der Waals surface area contributed by atoms with Crippen molar-refractivity contribution in [2.45, 2.75) is 18.6 Å². The van der Waals surface area contributed by atoms with Crippen LogP contribution in [0.4, 0.5) is 0 Å². The molecule has 0 bridgehead atoms. The molecule has 2 aliphatic heterocycles. The molecule has 1 saturated heterocycles. The SMILES string of the molecule is COc1cc([C@@H]2c3cc4c(cc3[C@H](OC(=O)Cn3cc(-c5cc(Cl)cc(Cl)c5)nn3)[C@H]3COC(=O)[C@H]23)OCO4)cc(OC)c1OC. The molecule has 0 radical (unpaired) electrons. The van der Waals surface area contributed by atoms with E-state index < -0.39 is 35.8 Å². The quantitative estimate of drug-likeness (QED) is 0.229. The van der Waals surface area contributed by atoms with Gasteiger partial charge in [-0.15, -0.1) is 5.10 Å². The van der Waals surface area contributed by atoms with E-state index in [4.69, 9.17) is 56.4 Å². The number of ether oxygens (including phenoxy) is 7. The summed E-state index contributed by atoms with van der Waals surface area (Å²) in [5.74, 6) is -0.403. The average Bonchev–Trinajstić information content (AvgIpc) is 3.79. The summed E-state index contributed by atoms with van der Waals surface area (Å²) < 4.78 is 41.3. The van der Waals surface area contributed by atoms with Crippen molar-refractivity contribution in [2.75, 3.05) is 34.7 Å². The fraction of sp³-hybridized carbons (Fsp3) is 0.312. The number of aromatic nitrogens is 3. The van der Waals surface area contributed by atoms with Gasteiger partial charge in [-0.25, -0.2) is 4.68 Å². The normalized spacial score (nSPS) is 20.8. The lowest BCUT2D eigenvalue weighted by Gasteiger charge is -2.38. The predicted octanol–water partition coefficient (Wildman–Crippen LogP) is 5.23. The smallest absolute Gasteiger partial charge is 0.328 e. The summed E-state index contributed by atoms with van der Waals surface area (Å²) in [5.41, 5.74) is 3.25. The molecular formula is C32H27Cl2N3O9. The second-order valence-electron chi connectivity index (χ2n) is 11.0. The number of fused-ring (bicyclic) bond motifs is 3. The maximum atomic E-state index is 13.5. The summed E-state index contributed by atoms with van der Waals surface area (Å²) in [6.45, 7) is -0.141. The zero-order valence-corrected chi connectivity index (χ0v) is 26.3. The molecule has 0 spiro atoms. The standard InChI is InChI=1S/C32H27Cl2N3O9/c1-40-25-6-16(7-26(41-2)31(25)42-3)28-19-9-23-24(45-14-44-23)10-20(19)30(21-13-43-32(39)29(21)28)46-27(38)12-37-11-22(35-36-37)15-4-17(33)8-18(34)5-15/h4-11,21,28-30H,12-14H2,1-3H3/t21-,28+,29-,30-/m0/s1. The monoisotopic (exact) mass is 667 g/mol. The third kappa shape index (κ3) is 5.21. The van der Waals surface area contributed by atoms with Crippen LogP contribution in [0.1, 0.15) is 28.7 Å². The molecule has 4 atom stereocenters. The van der Waals surface area contributed by atoms with Crippen LogP contribution in [0, 0.1) is 11.8 Å². The zero-order chi connectivity index (χ0) is 32.1. The van der Waals surface area contributed by atoms with Gasteiger partial charge in [-0.3, -0.25) is 9.59 Å². The van der Waals surface area contributed by atoms with E-state index in [0.29, 0.717) is 55.6 Å². The van der Waals surface area contributed by atoms with E-state index in [1.165, 1.54) is 26.0 Å². The lowest BCUT2D eigenvalue weighted by Crippen LogP contribution is -2.37. The van der Waals surface area contributed by atoms with Crippen LogP contribution in [-0.2, 0) is 25.6 Å². The number of cyclic esters (lactones) is 1. The molecule has 1 aromatic heterocycles. The Bertz CT molecular complexity index is 1820. The Morgan fingerprint density at radius 3 is 2.24 bits per heavy atom. The highest BCUT2D eigenvalue weighted by Gasteiger charge is 2.54. The topological polar surface area (TPSA) is 129 Å². The van der Waals surface area contributed by atoms with E-state index in [2.05, 4.69) is 10.3 Å². The number of benzene rings is 3. The Balaban J connectivity index is 1.25. The van der Waals surface area contributed by atoms with Crippen molar-refractivity contribution in [1.82, 2.24) is 15.0 Å². The highest BCUT2D eigenvalue weighted by molar-refractivity contribution is 6.35.